The molecule has 4 heterocycles. The Morgan fingerprint density at radius 1 is 1.03 bits per heavy atom. The Hall–Kier alpha value is -3.18. The minimum absolute atomic E-state index is 0.321. The van der Waals surface area contributed by atoms with Crippen LogP contribution in [0.3, 0.4) is 0 Å². The molecule has 0 spiro atoms. The van der Waals surface area contributed by atoms with Gasteiger partial charge in [-0.25, -0.2) is 0 Å². The van der Waals surface area contributed by atoms with Crippen molar-refractivity contribution in [3.05, 3.63) is 35.3 Å². The van der Waals surface area contributed by atoms with Gasteiger partial charge in [0, 0.05) is 69.1 Å². The van der Waals surface area contributed by atoms with Crippen molar-refractivity contribution in [1.29, 1.82) is 0 Å². The summed E-state index contributed by atoms with van der Waals surface area (Å²) in [7, 11) is 2.18. The van der Waals surface area contributed by atoms with Gasteiger partial charge in [0.05, 0.1) is 12.2 Å². The van der Waals surface area contributed by atoms with E-state index >= 15 is 0 Å². The zero-order chi connectivity index (χ0) is 24.2. The maximum atomic E-state index is 5.45. The van der Waals surface area contributed by atoms with Crippen molar-refractivity contribution in [3.8, 4) is 0 Å². The first-order chi connectivity index (χ1) is 17.0. The molecule has 0 radical (unpaired) electrons. The largest absolute Gasteiger partial charge is 0.369 e. The molecule has 0 bridgehead atoms. The molecule has 1 aliphatic carbocycles. The second kappa shape index (κ2) is 10.6. The highest BCUT2D eigenvalue weighted by Crippen LogP contribution is 2.39. The molecule has 0 atom stereocenters. The number of hydrogen-bond donors (Lipinski definition) is 4. The Morgan fingerprint density at radius 3 is 2.57 bits per heavy atom. The molecule has 3 aromatic heterocycles. The Bertz CT molecular complexity index is 1100. The maximum Gasteiger partial charge on any atom is 0.227 e. The van der Waals surface area contributed by atoms with E-state index in [1.807, 2.05) is 12.1 Å². The van der Waals surface area contributed by atoms with Crippen molar-refractivity contribution >= 4 is 23.4 Å². The number of hydrogen-bond acceptors (Lipinski definition) is 10. The number of rotatable bonds is 11. The van der Waals surface area contributed by atoms with E-state index in [1.165, 1.54) is 18.5 Å². The second-order valence-electron chi connectivity index (χ2n) is 9.87. The number of nitrogens with one attached hydrogen (secondary N) is 4. The molecular formula is C24H36N10O. The first kappa shape index (κ1) is 23.6. The van der Waals surface area contributed by atoms with Gasteiger partial charge in [0.15, 0.2) is 11.6 Å². The molecule has 1 saturated carbocycles. The van der Waals surface area contributed by atoms with Gasteiger partial charge in [-0.1, -0.05) is 19.0 Å². The lowest BCUT2D eigenvalue weighted by Gasteiger charge is -2.32. The highest BCUT2D eigenvalue weighted by atomic mass is 16.5. The summed E-state index contributed by atoms with van der Waals surface area (Å²) in [5.41, 5.74) is 2.12. The van der Waals surface area contributed by atoms with Gasteiger partial charge in [0.1, 0.15) is 11.6 Å². The van der Waals surface area contributed by atoms with Gasteiger partial charge in [-0.3, -0.25) is 10.00 Å². The third-order valence-corrected chi connectivity index (χ3v) is 6.52. The van der Waals surface area contributed by atoms with Crippen molar-refractivity contribution in [3.63, 3.8) is 0 Å². The standard InChI is InChI=1S/C24H36N10O/c1-16(2)19-12-18(35-32-19)15-26-24-28-21(25-6-7-34-10-8-33(3)9-11-34)14-22(29-24)27-23-13-20(30-31-23)17-4-5-17/h12-14,16-17H,4-11,15H2,1-3H3,(H4,25,26,27,28,29,30,31). The van der Waals surface area contributed by atoms with Gasteiger partial charge >= 0.3 is 0 Å². The summed E-state index contributed by atoms with van der Waals surface area (Å²) >= 11 is 0. The summed E-state index contributed by atoms with van der Waals surface area (Å²) in [5, 5.41) is 21.7. The summed E-state index contributed by atoms with van der Waals surface area (Å²) in [6.45, 7) is 10.9. The maximum absolute atomic E-state index is 5.45. The Balaban J connectivity index is 1.25. The van der Waals surface area contributed by atoms with Crippen LogP contribution in [-0.2, 0) is 6.54 Å². The lowest BCUT2D eigenvalue weighted by molar-refractivity contribution is 0.158. The van der Waals surface area contributed by atoms with Gasteiger partial charge < -0.3 is 25.4 Å². The number of anilines is 4. The first-order valence-corrected chi connectivity index (χ1v) is 12.6. The van der Waals surface area contributed by atoms with Gasteiger partial charge in [0.25, 0.3) is 0 Å². The third kappa shape index (κ3) is 6.49. The molecule has 188 valence electrons. The third-order valence-electron chi connectivity index (χ3n) is 6.52. The molecule has 2 fully saturated rings. The zero-order valence-electron chi connectivity index (χ0n) is 20.8. The van der Waals surface area contributed by atoms with E-state index in [1.54, 1.807) is 0 Å². The lowest BCUT2D eigenvalue weighted by atomic mass is 10.1. The SMILES string of the molecule is CC(C)c1cc(CNc2nc(NCCN3CCN(C)CC3)cc(Nc3cc(C4CC4)[nH]n3)n2)on1. The second-order valence-corrected chi connectivity index (χ2v) is 9.87. The highest BCUT2D eigenvalue weighted by molar-refractivity contribution is 5.59. The fourth-order valence-corrected chi connectivity index (χ4v) is 4.08. The van der Waals surface area contributed by atoms with E-state index < -0.39 is 0 Å². The summed E-state index contributed by atoms with van der Waals surface area (Å²) in [6, 6.07) is 5.96. The first-order valence-electron chi connectivity index (χ1n) is 12.6. The van der Waals surface area contributed by atoms with Gasteiger partial charge in [-0.15, -0.1) is 0 Å². The van der Waals surface area contributed by atoms with E-state index in [4.69, 9.17) is 4.52 Å². The van der Waals surface area contributed by atoms with Gasteiger partial charge in [0.2, 0.25) is 5.95 Å². The molecule has 11 heteroatoms. The average molecular weight is 481 g/mol. The Morgan fingerprint density at radius 2 is 1.83 bits per heavy atom. The number of aromatic nitrogens is 5. The summed E-state index contributed by atoms with van der Waals surface area (Å²) < 4.78 is 5.45. The minimum atomic E-state index is 0.321. The summed E-state index contributed by atoms with van der Waals surface area (Å²) in [4.78, 5) is 14.2. The zero-order valence-corrected chi connectivity index (χ0v) is 20.8. The number of aromatic amines is 1. The van der Waals surface area contributed by atoms with Crippen molar-refractivity contribution in [2.24, 2.45) is 0 Å². The van der Waals surface area contributed by atoms with Crippen molar-refractivity contribution < 1.29 is 4.52 Å². The van der Waals surface area contributed by atoms with Crippen LogP contribution in [0.15, 0.2) is 22.7 Å². The smallest absolute Gasteiger partial charge is 0.227 e. The predicted molar refractivity (Wildman–Crippen MR) is 136 cm³/mol. The van der Waals surface area contributed by atoms with Crippen LogP contribution in [0.4, 0.5) is 23.4 Å². The monoisotopic (exact) mass is 480 g/mol. The van der Waals surface area contributed by atoms with Gasteiger partial charge in [-0.05, 0) is 25.8 Å². The Kier molecular flexibility index (Phi) is 7.14. The topological polar surface area (TPSA) is 123 Å². The van der Waals surface area contributed by atoms with E-state index in [9.17, 15) is 0 Å². The molecule has 2 aliphatic rings. The van der Waals surface area contributed by atoms with E-state index in [0.29, 0.717) is 30.1 Å². The van der Waals surface area contributed by atoms with Crippen LogP contribution >= 0.6 is 0 Å². The van der Waals surface area contributed by atoms with E-state index in [2.05, 4.69) is 78.0 Å². The summed E-state index contributed by atoms with van der Waals surface area (Å²) in [5.74, 6) is 4.40. The van der Waals surface area contributed by atoms with Crippen LogP contribution in [0, 0.1) is 0 Å². The van der Waals surface area contributed by atoms with Gasteiger partial charge in [-0.2, -0.15) is 15.1 Å². The fourth-order valence-electron chi connectivity index (χ4n) is 4.08. The van der Waals surface area contributed by atoms with Crippen LogP contribution in [0.1, 0.15) is 55.7 Å². The quantitative estimate of drug-likeness (QED) is 0.325. The number of piperazine rings is 1. The van der Waals surface area contributed by atoms with Crippen LogP contribution in [-0.4, -0.2) is 81.4 Å². The average Bonchev–Trinajstić information content (AvgIpc) is 3.39. The van der Waals surface area contributed by atoms with E-state index in [-0.39, 0.29) is 0 Å². The molecule has 5 rings (SSSR count). The minimum Gasteiger partial charge on any atom is -0.369 e. The summed E-state index contributed by atoms with van der Waals surface area (Å²) in [6.07, 6.45) is 2.45. The van der Waals surface area contributed by atoms with Crippen LogP contribution in [0.2, 0.25) is 0 Å². The molecule has 0 unspecified atom stereocenters. The fraction of sp³-hybridized carbons (Fsp3) is 0.583. The molecule has 3 aromatic rings. The Labute approximate surface area is 206 Å². The highest BCUT2D eigenvalue weighted by Gasteiger charge is 2.25. The normalized spacial score (nSPS) is 17.1. The number of H-pyrrole nitrogens is 1. The van der Waals surface area contributed by atoms with Crippen molar-refractivity contribution in [1.82, 2.24) is 35.1 Å². The van der Waals surface area contributed by atoms with Crippen LogP contribution in [0.5, 0.6) is 0 Å². The molecule has 11 nitrogen and oxygen atoms in total. The molecule has 1 saturated heterocycles. The predicted octanol–water partition coefficient (Wildman–Crippen LogP) is 3.20. The van der Waals surface area contributed by atoms with Crippen molar-refractivity contribution in [2.75, 3.05) is 62.3 Å². The van der Waals surface area contributed by atoms with E-state index in [0.717, 1.165) is 62.4 Å². The van der Waals surface area contributed by atoms with Crippen LogP contribution in [0.25, 0.3) is 0 Å². The molecule has 0 amide bonds. The van der Waals surface area contributed by atoms with Crippen LogP contribution < -0.4 is 16.0 Å². The number of nitrogens with zero attached hydrogens (tertiary/aromatic N) is 6. The molecule has 0 aromatic carbocycles. The molecule has 35 heavy (non-hydrogen) atoms. The molecule has 4 N–H and O–H groups in total. The number of likely N-dealkylation sites (N-methyl/N-ethyl adjacent to an activating group) is 1. The lowest BCUT2D eigenvalue weighted by Crippen LogP contribution is -2.45. The molecule has 1 aliphatic heterocycles. The molecular weight excluding hydrogens is 444 g/mol. The van der Waals surface area contributed by atoms with Crippen molar-refractivity contribution in [2.45, 2.75) is 45.1 Å².